The van der Waals surface area contributed by atoms with Crippen LogP contribution in [0.2, 0.25) is 0 Å². The van der Waals surface area contributed by atoms with E-state index >= 15 is 0 Å². The molecular formula is C19H23ClN4O6S. The summed E-state index contributed by atoms with van der Waals surface area (Å²) in [6.45, 7) is 1.13. The zero-order valence-corrected chi connectivity index (χ0v) is 19.1. The van der Waals surface area contributed by atoms with Gasteiger partial charge in [0.25, 0.3) is 5.91 Å². The standard InChI is InChI=1S/C19H22N4O6S.ClH/c1-21(2)8-5-9-22(18(24)13-6-7-17(29-13)23(25)26)19-20-12-10-14(27-3)15(28-4)11-16(12)30-19;/h6-7,10-11H,5,8-9H2,1-4H3;1H. The lowest BCUT2D eigenvalue weighted by molar-refractivity contribution is -0.402. The Balaban J connectivity index is 0.00000341. The van der Waals surface area contributed by atoms with Gasteiger partial charge in [0, 0.05) is 18.7 Å². The molecule has 0 unspecified atom stereocenters. The van der Waals surface area contributed by atoms with Gasteiger partial charge in [-0.2, -0.15) is 0 Å². The van der Waals surface area contributed by atoms with E-state index in [9.17, 15) is 14.9 Å². The normalized spacial score (nSPS) is 10.7. The topological polar surface area (TPSA) is 111 Å². The number of anilines is 1. The highest BCUT2D eigenvalue weighted by molar-refractivity contribution is 7.22. The summed E-state index contributed by atoms with van der Waals surface area (Å²) in [5.41, 5.74) is 0.656. The van der Waals surface area contributed by atoms with Gasteiger partial charge >= 0.3 is 5.88 Å². The van der Waals surface area contributed by atoms with Crippen LogP contribution in [0, 0.1) is 10.1 Å². The van der Waals surface area contributed by atoms with Crippen LogP contribution in [0.3, 0.4) is 0 Å². The fourth-order valence-electron chi connectivity index (χ4n) is 2.86. The van der Waals surface area contributed by atoms with Gasteiger partial charge in [0.1, 0.15) is 4.92 Å². The average Bonchev–Trinajstić information content (AvgIpc) is 3.36. The molecule has 10 nitrogen and oxygen atoms in total. The number of rotatable bonds is 9. The molecule has 0 aliphatic rings. The number of halogens is 1. The number of thiazole rings is 1. The summed E-state index contributed by atoms with van der Waals surface area (Å²) in [5, 5.41) is 11.4. The second kappa shape index (κ2) is 10.4. The zero-order chi connectivity index (χ0) is 21.8. The lowest BCUT2D eigenvalue weighted by atomic mass is 10.3. The summed E-state index contributed by atoms with van der Waals surface area (Å²) in [7, 11) is 6.97. The van der Waals surface area contributed by atoms with Crippen LogP contribution in [0.25, 0.3) is 10.2 Å². The van der Waals surface area contributed by atoms with E-state index in [0.29, 0.717) is 35.1 Å². The highest BCUT2D eigenvalue weighted by Gasteiger charge is 2.26. The summed E-state index contributed by atoms with van der Waals surface area (Å²) >= 11 is 1.32. The molecule has 0 spiro atoms. The van der Waals surface area contributed by atoms with E-state index in [4.69, 9.17) is 13.9 Å². The van der Waals surface area contributed by atoms with Crippen LogP contribution in [0.1, 0.15) is 17.0 Å². The van der Waals surface area contributed by atoms with Crippen molar-refractivity contribution in [3.8, 4) is 11.5 Å². The SMILES string of the molecule is COc1cc2nc(N(CCCN(C)C)C(=O)c3ccc([N+](=O)[O-])o3)sc2cc1OC.Cl. The molecule has 1 amide bonds. The van der Waals surface area contributed by atoms with Gasteiger partial charge in [-0.15, -0.1) is 12.4 Å². The van der Waals surface area contributed by atoms with E-state index in [0.717, 1.165) is 11.2 Å². The second-order valence-electron chi connectivity index (χ2n) is 6.68. The zero-order valence-electron chi connectivity index (χ0n) is 17.5. The fourth-order valence-corrected chi connectivity index (χ4v) is 3.86. The van der Waals surface area contributed by atoms with Crippen LogP contribution in [-0.2, 0) is 0 Å². The smallest absolute Gasteiger partial charge is 0.433 e. The Morgan fingerprint density at radius 3 is 2.45 bits per heavy atom. The minimum Gasteiger partial charge on any atom is -0.493 e. The molecule has 2 aromatic heterocycles. The van der Waals surface area contributed by atoms with Crippen LogP contribution < -0.4 is 14.4 Å². The predicted octanol–water partition coefficient (Wildman–Crippen LogP) is 3.84. The van der Waals surface area contributed by atoms with Gasteiger partial charge in [0.2, 0.25) is 0 Å². The first-order valence-electron chi connectivity index (χ1n) is 9.07. The number of ether oxygens (including phenoxy) is 2. The van der Waals surface area contributed by atoms with E-state index < -0.39 is 16.7 Å². The minimum atomic E-state index is -0.677. The molecule has 12 heteroatoms. The molecule has 1 aromatic carbocycles. The average molecular weight is 471 g/mol. The molecule has 3 rings (SSSR count). The number of amides is 1. The van der Waals surface area contributed by atoms with E-state index in [-0.39, 0.29) is 18.2 Å². The monoisotopic (exact) mass is 470 g/mol. The molecule has 3 aromatic rings. The van der Waals surface area contributed by atoms with Gasteiger partial charge in [-0.25, -0.2) is 4.98 Å². The van der Waals surface area contributed by atoms with Crippen LogP contribution in [-0.4, -0.2) is 62.1 Å². The first-order chi connectivity index (χ1) is 14.3. The van der Waals surface area contributed by atoms with Gasteiger partial charge in [0.05, 0.1) is 30.5 Å². The predicted molar refractivity (Wildman–Crippen MR) is 120 cm³/mol. The summed E-state index contributed by atoms with van der Waals surface area (Å²) in [5.74, 6) is 0.0208. The number of hydrogen-bond donors (Lipinski definition) is 0. The van der Waals surface area contributed by atoms with Crippen LogP contribution in [0.15, 0.2) is 28.7 Å². The number of hydrogen-bond acceptors (Lipinski definition) is 9. The maximum absolute atomic E-state index is 13.1. The van der Waals surface area contributed by atoms with Crippen molar-refractivity contribution in [2.24, 2.45) is 0 Å². The third kappa shape index (κ3) is 5.43. The summed E-state index contributed by atoms with van der Waals surface area (Å²) in [6.07, 6.45) is 0.685. The fraction of sp³-hybridized carbons (Fsp3) is 0.368. The summed E-state index contributed by atoms with van der Waals surface area (Å²) < 4.78 is 16.6. The van der Waals surface area contributed by atoms with E-state index in [1.165, 1.54) is 35.5 Å². The largest absolute Gasteiger partial charge is 0.493 e. The number of carbonyl (C=O) groups is 1. The van der Waals surface area contributed by atoms with Crippen LogP contribution in [0.5, 0.6) is 11.5 Å². The molecule has 168 valence electrons. The molecule has 0 bridgehead atoms. The van der Waals surface area contributed by atoms with E-state index in [2.05, 4.69) is 4.98 Å². The number of aromatic nitrogens is 1. The summed E-state index contributed by atoms with van der Waals surface area (Å²) in [6, 6.07) is 6.02. The Morgan fingerprint density at radius 1 is 1.19 bits per heavy atom. The second-order valence-corrected chi connectivity index (χ2v) is 7.69. The van der Waals surface area contributed by atoms with Gasteiger partial charge in [-0.3, -0.25) is 19.8 Å². The Kier molecular flexibility index (Phi) is 8.20. The number of nitro groups is 1. The molecule has 0 saturated carbocycles. The maximum Gasteiger partial charge on any atom is 0.433 e. The molecule has 0 saturated heterocycles. The summed E-state index contributed by atoms with van der Waals surface area (Å²) in [4.78, 5) is 31.4. The molecule has 0 N–H and O–H groups in total. The molecule has 0 atom stereocenters. The van der Waals surface area contributed by atoms with Crippen LogP contribution >= 0.6 is 23.7 Å². The van der Waals surface area contributed by atoms with Crippen molar-refractivity contribution in [2.45, 2.75) is 6.42 Å². The van der Waals surface area contributed by atoms with Crippen molar-refractivity contribution >= 4 is 50.9 Å². The Morgan fingerprint density at radius 2 is 1.87 bits per heavy atom. The minimum absolute atomic E-state index is 0. The third-order valence-electron chi connectivity index (χ3n) is 4.33. The van der Waals surface area contributed by atoms with Gasteiger partial charge in [-0.1, -0.05) is 11.3 Å². The van der Waals surface area contributed by atoms with Crippen molar-refractivity contribution in [2.75, 3.05) is 46.3 Å². The Labute approximate surface area is 188 Å². The van der Waals surface area contributed by atoms with E-state index in [1.54, 1.807) is 19.2 Å². The Hall–Kier alpha value is -2.89. The van der Waals surface area contributed by atoms with Crippen molar-refractivity contribution < 1.29 is 23.6 Å². The Bertz CT molecular complexity index is 1030. The third-order valence-corrected chi connectivity index (χ3v) is 5.37. The van der Waals surface area contributed by atoms with Gasteiger partial charge in [0.15, 0.2) is 22.4 Å². The molecule has 2 heterocycles. The highest BCUT2D eigenvalue weighted by atomic mass is 35.5. The van der Waals surface area contributed by atoms with Crippen LogP contribution in [0.4, 0.5) is 11.0 Å². The number of carbonyl (C=O) groups excluding carboxylic acids is 1. The molecule has 0 radical (unpaired) electrons. The number of methoxy groups -OCH3 is 2. The van der Waals surface area contributed by atoms with Crippen molar-refractivity contribution in [1.82, 2.24) is 9.88 Å². The van der Waals surface area contributed by atoms with Crippen molar-refractivity contribution in [1.29, 1.82) is 0 Å². The lowest BCUT2D eigenvalue weighted by Gasteiger charge is -2.19. The van der Waals surface area contributed by atoms with Gasteiger partial charge < -0.3 is 18.8 Å². The van der Waals surface area contributed by atoms with Gasteiger partial charge in [-0.05, 0) is 33.1 Å². The molecule has 31 heavy (non-hydrogen) atoms. The lowest BCUT2D eigenvalue weighted by Crippen LogP contribution is -2.33. The number of furan rings is 1. The van der Waals surface area contributed by atoms with Crippen molar-refractivity contribution in [3.63, 3.8) is 0 Å². The molecule has 0 fully saturated rings. The first kappa shape index (κ1) is 24.4. The molecule has 0 aliphatic carbocycles. The number of nitrogens with zero attached hydrogens (tertiary/aromatic N) is 4. The molecule has 0 aliphatic heterocycles. The quantitative estimate of drug-likeness (QED) is 0.342. The highest BCUT2D eigenvalue weighted by Crippen LogP contribution is 2.37. The number of benzene rings is 1. The maximum atomic E-state index is 13.1. The first-order valence-corrected chi connectivity index (χ1v) is 9.89. The molecular weight excluding hydrogens is 448 g/mol. The van der Waals surface area contributed by atoms with E-state index in [1.807, 2.05) is 19.0 Å². The van der Waals surface area contributed by atoms with Crippen molar-refractivity contribution in [3.05, 3.63) is 40.1 Å². The number of fused-ring (bicyclic) bond motifs is 1.